The molecule has 0 aromatic heterocycles. The Morgan fingerprint density at radius 3 is 2.18 bits per heavy atom. The lowest BCUT2D eigenvalue weighted by Crippen LogP contribution is -2.29. The van der Waals surface area contributed by atoms with Gasteiger partial charge in [-0.2, -0.15) is 0 Å². The highest BCUT2D eigenvalue weighted by atomic mass is 32.2. The van der Waals surface area contributed by atoms with Crippen molar-refractivity contribution in [1.82, 2.24) is 0 Å². The summed E-state index contributed by atoms with van der Waals surface area (Å²) in [5.74, 6) is 4.93. The van der Waals surface area contributed by atoms with Crippen LogP contribution in [0.3, 0.4) is 0 Å². The van der Waals surface area contributed by atoms with Crippen molar-refractivity contribution < 1.29 is 13.3 Å². The molecule has 0 fully saturated rings. The fraction of sp³-hybridized carbons (Fsp3) is 1.00. The number of hydrogen-bond acceptors (Lipinski definition) is 4. The van der Waals surface area contributed by atoms with Gasteiger partial charge in [0.2, 0.25) is 0 Å². The predicted molar refractivity (Wildman–Crippen MR) is 43.6 cm³/mol. The van der Waals surface area contributed by atoms with Crippen LogP contribution in [0.4, 0.5) is 0 Å². The summed E-state index contributed by atoms with van der Waals surface area (Å²) in [7, 11) is -2.94. The van der Waals surface area contributed by atoms with Crippen molar-refractivity contribution >= 4 is 9.84 Å². The van der Waals surface area contributed by atoms with Crippen molar-refractivity contribution in [2.75, 3.05) is 18.6 Å². The van der Waals surface area contributed by atoms with Crippen LogP contribution in [0.2, 0.25) is 0 Å². The van der Waals surface area contributed by atoms with Crippen LogP contribution in [0.25, 0.3) is 0 Å². The van der Waals surface area contributed by atoms with E-state index in [4.69, 9.17) is 5.90 Å². The molecule has 0 atom stereocenters. The van der Waals surface area contributed by atoms with E-state index < -0.39 is 15.3 Å². The third kappa shape index (κ3) is 6.28. The molecular weight excluding hydrogens is 166 g/mol. The third-order valence-electron chi connectivity index (χ3n) is 1.13. The normalized spacial score (nSPS) is 13.5. The maximum absolute atomic E-state index is 10.8. The van der Waals surface area contributed by atoms with E-state index in [1.165, 1.54) is 6.26 Å². The lowest BCUT2D eigenvalue weighted by atomic mass is 9.98. The topological polar surface area (TPSA) is 69.4 Å². The lowest BCUT2D eigenvalue weighted by Gasteiger charge is -2.21. The van der Waals surface area contributed by atoms with Gasteiger partial charge in [-0.3, -0.25) is 0 Å². The van der Waals surface area contributed by atoms with Crippen LogP contribution >= 0.6 is 0 Å². The van der Waals surface area contributed by atoms with Gasteiger partial charge in [-0.15, -0.1) is 0 Å². The summed E-state index contributed by atoms with van der Waals surface area (Å²) in [6, 6.07) is 0. The van der Waals surface area contributed by atoms with Gasteiger partial charge in [-0.1, -0.05) is 13.8 Å². The Balaban J connectivity index is 4.13. The van der Waals surface area contributed by atoms with Crippen molar-refractivity contribution in [1.29, 1.82) is 0 Å². The van der Waals surface area contributed by atoms with Crippen molar-refractivity contribution in [3.8, 4) is 0 Å². The largest absolute Gasteiger partial charge is 0.304 e. The second-order valence-electron chi connectivity index (χ2n) is 3.55. The van der Waals surface area contributed by atoms with Crippen LogP contribution in [-0.4, -0.2) is 27.0 Å². The second kappa shape index (κ2) is 3.51. The van der Waals surface area contributed by atoms with E-state index in [1.54, 1.807) is 13.8 Å². The minimum absolute atomic E-state index is 0.0944. The molecule has 0 saturated heterocycles. The molecule has 0 rings (SSSR count). The number of sulfone groups is 1. The average Bonchev–Trinajstić information content (AvgIpc) is 1.55. The van der Waals surface area contributed by atoms with Crippen LogP contribution in [0.5, 0.6) is 0 Å². The first-order valence-corrected chi connectivity index (χ1v) is 5.32. The molecule has 0 saturated carbocycles. The molecule has 0 aliphatic carbocycles. The highest BCUT2D eigenvalue weighted by Crippen LogP contribution is 2.16. The molecule has 68 valence electrons. The maximum atomic E-state index is 10.8. The fourth-order valence-electron chi connectivity index (χ4n) is 0.977. The minimum atomic E-state index is -2.94. The Labute approximate surface area is 67.6 Å². The molecule has 4 nitrogen and oxygen atoms in total. The van der Waals surface area contributed by atoms with Gasteiger partial charge in [0.25, 0.3) is 0 Å². The van der Waals surface area contributed by atoms with E-state index in [1.807, 2.05) is 0 Å². The molecule has 0 bridgehead atoms. The first-order chi connectivity index (χ1) is 4.77. The van der Waals surface area contributed by atoms with Gasteiger partial charge in [0.15, 0.2) is 0 Å². The zero-order valence-corrected chi connectivity index (χ0v) is 7.94. The van der Waals surface area contributed by atoms with Gasteiger partial charge >= 0.3 is 0 Å². The summed E-state index contributed by atoms with van der Waals surface area (Å²) in [6.07, 6.45) is 1.20. The fourth-order valence-corrected chi connectivity index (χ4v) is 2.48. The molecule has 0 heterocycles. The van der Waals surface area contributed by atoms with E-state index in [9.17, 15) is 8.42 Å². The smallest absolute Gasteiger partial charge is 0.148 e. The minimum Gasteiger partial charge on any atom is -0.304 e. The van der Waals surface area contributed by atoms with Crippen LogP contribution in [-0.2, 0) is 14.7 Å². The summed E-state index contributed by atoms with van der Waals surface area (Å²) in [5.41, 5.74) is -0.400. The number of hydrogen-bond donors (Lipinski definition) is 1. The van der Waals surface area contributed by atoms with E-state index >= 15 is 0 Å². The lowest BCUT2D eigenvalue weighted by molar-refractivity contribution is 0.0735. The van der Waals surface area contributed by atoms with E-state index in [0.717, 1.165) is 0 Å². The summed E-state index contributed by atoms with van der Waals surface area (Å²) in [5, 5.41) is 0. The van der Waals surface area contributed by atoms with Crippen molar-refractivity contribution in [3.05, 3.63) is 0 Å². The molecule has 0 aliphatic heterocycles. The Morgan fingerprint density at radius 2 is 1.91 bits per heavy atom. The predicted octanol–water partition coefficient (Wildman–Crippen LogP) is -0.0525. The molecule has 0 aliphatic rings. The molecule has 0 radical (unpaired) electrons. The van der Waals surface area contributed by atoms with Crippen LogP contribution in [0, 0.1) is 5.41 Å². The average molecular weight is 181 g/mol. The van der Waals surface area contributed by atoms with Gasteiger partial charge < -0.3 is 4.84 Å². The molecule has 0 unspecified atom stereocenters. The number of rotatable bonds is 4. The molecule has 0 aromatic rings. The monoisotopic (exact) mass is 181 g/mol. The van der Waals surface area contributed by atoms with Gasteiger partial charge in [0, 0.05) is 11.7 Å². The van der Waals surface area contributed by atoms with Crippen molar-refractivity contribution in [3.63, 3.8) is 0 Å². The SMILES string of the molecule is CC(C)(CON)CS(C)(=O)=O. The first kappa shape index (κ1) is 10.9. The van der Waals surface area contributed by atoms with Crippen LogP contribution < -0.4 is 5.90 Å². The van der Waals surface area contributed by atoms with Gasteiger partial charge in [-0.05, 0) is 0 Å². The summed E-state index contributed by atoms with van der Waals surface area (Å²) in [4.78, 5) is 4.39. The molecular formula is C6H15NO3S. The highest BCUT2D eigenvalue weighted by molar-refractivity contribution is 7.90. The van der Waals surface area contributed by atoms with Crippen LogP contribution in [0.1, 0.15) is 13.8 Å². The Bertz CT molecular complexity index is 208. The molecule has 0 amide bonds. The second-order valence-corrected chi connectivity index (χ2v) is 5.69. The first-order valence-electron chi connectivity index (χ1n) is 3.26. The molecule has 2 N–H and O–H groups in total. The zero-order valence-electron chi connectivity index (χ0n) is 7.12. The molecule has 5 heteroatoms. The van der Waals surface area contributed by atoms with Gasteiger partial charge in [0.05, 0.1) is 12.4 Å². The number of nitrogens with two attached hydrogens (primary N) is 1. The molecule has 0 aromatic carbocycles. The van der Waals surface area contributed by atoms with E-state index in [2.05, 4.69) is 4.84 Å². The van der Waals surface area contributed by atoms with Crippen molar-refractivity contribution in [2.45, 2.75) is 13.8 Å². The van der Waals surface area contributed by atoms with Gasteiger partial charge in [-0.25, -0.2) is 14.3 Å². The highest BCUT2D eigenvalue weighted by Gasteiger charge is 2.23. The van der Waals surface area contributed by atoms with Gasteiger partial charge in [0.1, 0.15) is 9.84 Å². The van der Waals surface area contributed by atoms with E-state index in [0.29, 0.717) is 0 Å². The van der Waals surface area contributed by atoms with Crippen LogP contribution in [0.15, 0.2) is 0 Å². The maximum Gasteiger partial charge on any atom is 0.148 e. The summed E-state index contributed by atoms with van der Waals surface area (Å²) < 4.78 is 21.7. The van der Waals surface area contributed by atoms with Crippen molar-refractivity contribution in [2.24, 2.45) is 11.3 Å². The quantitative estimate of drug-likeness (QED) is 0.617. The molecule has 0 spiro atoms. The Hall–Kier alpha value is -0.130. The standard InChI is InChI=1S/C6H15NO3S/c1-6(2,4-10-7)5-11(3,8)9/h4-5,7H2,1-3H3. The summed E-state index contributed by atoms with van der Waals surface area (Å²) >= 11 is 0. The Morgan fingerprint density at radius 1 is 1.45 bits per heavy atom. The third-order valence-corrected chi connectivity index (χ3v) is 2.43. The van der Waals surface area contributed by atoms with E-state index in [-0.39, 0.29) is 12.4 Å². The molecule has 11 heavy (non-hydrogen) atoms. The Kier molecular flexibility index (Phi) is 3.47. The summed E-state index contributed by atoms with van der Waals surface area (Å²) in [6.45, 7) is 3.84. The zero-order chi connectivity index (χ0) is 9.12.